The Labute approximate surface area is 121 Å². The lowest BCUT2D eigenvalue weighted by Gasteiger charge is -2.11. The maximum atomic E-state index is 5.69. The second-order valence-corrected chi connectivity index (χ2v) is 4.84. The number of benzene rings is 1. The average Bonchev–Trinajstić information content (AvgIpc) is 3.12. The van der Waals surface area contributed by atoms with Gasteiger partial charge in [-0.3, -0.25) is 4.68 Å². The van der Waals surface area contributed by atoms with E-state index in [-0.39, 0.29) is 6.04 Å². The van der Waals surface area contributed by atoms with Crippen LogP contribution in [0.3, 0.4) is 0 Å². The Kier molecular flexibility index (Phi) is 3.83. The van der Waals surface area contributed by atoms with Gasteiger partial charge >= 0.3 is 0 Å². The van der Waals surface area contributed by atoms with E-state index in [1.54, 1.807) is 18.1 Å². The molecule has 2 aromatic heterocycles. The molecule has 0 fully saturated rings. The molecule has 1 atom stereocenters. The van der Waals surface area contributed by atoms with Crippen LogP contribution in [0.5, 0.6) is 5.75 Å². The minimum Gasteiger partial charge on any atom is -0.497 e. The molecule has 21 heavy (non-hydrogen) atoms. The lowest BCUT2D eigenvalue weighted by molar-refractivity contribution is 0.414. The van der Waals surface area contributed by atoms with Crippen molar-refractivity contribution in [1.29, 1.82) is 0 Å². The molecular weight excluding hydrogens is 270 g/mol. The van der Waals surface area contributed by atoms with Gasteiger partial charge in [-0.15, -0.1) is 0 Å². The van der Waals surface area contributed by atoms with Crippen LogP contribution in [0, 0.1) is 0 Å². The fraction of sp³-hybridized carbons (Fsp3) is 0.357. The summed E-state index contributed by atoms with van der Waals surface area (Å²) < 4.78 is 12.7. The van der Waals surface area contributed by atoms with Crippen LogP contribution in [-0.2, 0) is 13.1 Å². The summed E-state index contributed by atoms with van der Waals surface area (Å²) in [5.41, 5.74) is 1.56. The standard InChI is InChI=1S/C14H17N5O2/c1-10(7-19-9-15-8-17-19)16-6-14-18-12-5-11(20-2)3-4-13(12)21-14/h3-5,8-10,16H,6-7H2,1-2H3/t10-/m1/s1. The Morgan fingerprint density at radius 1 is 1.43 bits per heavy atom. The van der Waals surface area contributed by atoms with Crippen molar-refractivity contribution in [2.75, 3.05) is 7.11 Å². The van der Waals surface area contributed by atoms with Gasteiger partial charge in [0.05, 0.1) is 20.2 Å². The number of rotatable bonds is 6. The number of ether oxygens (including phenoxy) is 1. The fourth-order valence-corrected chi connectivity index (χ4v) is 2.09. The first-order valence-corrected chi connectivity index (χ1v) is 6.74. The number of oxazole rings is 1. The molecule has 0 amide bonds. The van der Waals surface area contributed by atoms with Crippen LogP contribution in [-0.4, -0.2) is 32.9 Å². The molecule has 0 aliphatic rings. The van der Waals surface area contributed by atoms with Gasteiger partial charge in [0.15, 0.2) is 5.58 Å². The van der Waals surface area contributed by atoms with Crippen molar-refractivity contribution >= 4 is 11.1 Å². The highest BCUT2D eigenvalue weighted by atomic mass is 16.5. The molecule has 3 rings (SSSR count). The summed E-state index contributed by atoms with van der Waals surface area (Å²) in [6, 6.07) is 5.82. The summed E-state index contributed by atoms with van der Waals surface area (Å²) >= 11 is 0. The quantitative estimate of drug-likeness (QED) is 0.742. The molecule has 0 aliphatic heterocycles. The molecule has 0 saturated carbocycles. The van der Waals surface area contributed by atoms with E-state index in [0.29, 0.717) is 12.4 Å². The number of fused-ring (bicyclic) bond motifs is 1. The lowest BCUT2D eigenvalue weighted by atomic mass is 10.3. The third kappa shape index (κ3) is 3.19. The van der Waals surface area contributed by atoms with Crippen LogP contribution in [0.2, 0.25) is 0 Å². The van der Waals surface area contributed by atoms with Gasteiger partial charge in [-0.2, -0.15) is 5.10 Å². The highest BCUT2D eigenvalue weighted by Gasteiger charge is 2.09. The predicted molar refractivity (Wildman–Crippen MR) is 76.9 cm³/mol. The molecule has 3 aromatic rings. The Bertz CT molecular complexity index is 707. The SMILES string of the molecule is COc1ccc2oc(CN[C@H](C)Cn3cncn3)nc2c1. The van der Waals surface area contributed by atoms with Crippen LogP contribution in [0.1, 0.15) is 12.8 Å². The van der Waals surface area contributed by atoms with E-state index >= 15 is 0 Å². The first-order valence-electron chi connectivity index (χ1n) is 6.74. The number of hydrogen-bond donors (Lipinski definition) is 1. The number of hydrogen-bond acceptors (Lipinski definition) is 6. The number of aromatic nitrogens is 4. The topological polar surface area (TPSA) is 78.0 Å². The molecule has 7 heteroatoms. The molecule has 1 aromatic carbocycles. The number of nitrogens with zero attached hydrogens (tertiary/aromatic N) is 4. The smallest absolute Gasteiger partial charge is 0.209 e. The van der Waals surface area contributed by atoms with Crippen molar-refractivity contribution in [3.63, 3.8) is 0 Å². The summed E-state index contributed by atoms with van der Waals surface area (Å²) in [4.78, 5) is 8.37. The van der Waals surface area contributed by atoms with Crippen molar-refractivity contribution < 1.29 is 9.15 Å². The van der Waals surface area contributed by atoms with E-state index in [0.717, 1.165) is 23.4 Å². The Morgan fingerprint density at radius 2 is 2.33 bits per heavy atom. The third-order valence-electron chi connectivity index (χ3n) is 3.17. The first kappa shape index (κ1) is 13.6. The predicted octanol–water partition coefficient (Wildman–Crippen LogP) is 1.61. The molecular formula is C14H17N5O2. The van der Waals surface area contributed by atoms with Crippen LogP contribution < -0.4 is 10.1 Å². The van der Waals surface area contributed by atoms with Gasteiger partial charge in [-0.05, 0) is 19.1 Å². The fourth-order valence-electron chi connectivity index (χ4n) is 2.09. The average molecular weight is 287 g/mol. The molecule has 0 radical (unpaired) electrons. The summed E-state index contributed by atoms with van der Waals surface area (Å²) in [6.45, 7) is 3.38. The van der Waals surface area contributed by atoms with E-state index in [9.17, 15) is 0 Å². The van der Waals surface area contributed by atoms with Gasteiger partial charge in [-0.1, -0.05) is 0 Å². The van der Waals surface area contributed by atoms with Gasteiger partial charge in [0.1, 0.15) is 23.9 Å². The first-order chi connectivity index (χ1) is 10.2. The van der Waals surface area contributed by atoms with Gasteiger partial charge in [0.25, 0.3) is 0 Å². The molecule has 0 spiro atoms. The molecule has 2 heterocycles. The van der Waals surface area contributed by atoms with Crippen molar-refractivity contribution in [1.82, 2.24) is 25.1 Å². The normalized spacial score (nSPS) is 12.7. The number of nitrogens with one attached hydrogen (secondary N) is 1. The highest BCUT2D eigenvalue weighted by molar-refractivity contribution is 5.74. The second-order valence-electron chi connectivity index (χ2n) is 4.84. The Balaban J connectivity index is 1.62. The molecule has 0 bridgehead atoms. The van der Waals surface area contributed by atoms with Gasteiger partial charge in [0, 0.05) is 12.1 Å². The maximum Gasteiger partial charge on any atom is 0.209 e. The lowest BCUT2D eigenvalue weighted by Crippen LogP contribution is -2.30. The van der Waals surface area contributed by atoms with Crippen molar-refractivity contribution in [2.45, 2.75) is 26.1 Å². The van der Waals surface area contributed by atoms with Crippen molar-refractivity contribution in [2.24, 2.45) is 0 Å². The summed E-state index contributed by atoms with van der Waals surface area (Å²) in [5, 5.41) is 7.43. The zero-order chi connectivity index (χ0) is 14.7. The van der Waals surface area contributed by atoms with Crippen molar-refractivity contribution in [3.8, 4) is 5.75 Å². The van der Waals surface area contributed by atoms with E-state index in [1.807, 2.05) is 18.2 Å². The zero-order valence-electron chi connectivity index (χ0n) is 12.0. The Morgan fingerprint density at radius 3 is 3.10 bits per heavy atom. The van der Waals surface area contributed by atoms with E-state index < -0.39 is 0 Å². The van der Waals surface area contributed by atoms with Crippen LogP contribution in [0.4, 0.5) is 0 Å². The minimum absolute atomic E-state index is 0.233. The summed E-state index contributed by atoms with van der Waals surface area (Å²) in [6.07, 6.45) is 3.23. The third-order valence-corrected chi connectivity index (χ3v) is 3.17. The second kappa shape index (κ2) is 5.92. The molecule has 110 valence electrons. The Hall–Kier alpha value is -2.41. The molecule has 1 N–H and O–H groups in total. The molecule has 0 saturated heterocycles. The molecule has 0 aliphatic carbocycles. The zero-order valence-corrected chi connectivity index (χ0v) is 12.0. The summed E-state index contributed by atoms with van der Waals surface area (Å²) in [7, 11) is 1.63. The maximum absolute atomic E-state index is 5.69. The monoisotopic (exact) mass is 287 g/mol. The van der Waals surface area contributed by atoms with E-state index in [4.69, 9.17) is 9.15 Å². The van der Waals surface area contributed by atoms with Crippen LogP contribution in [0.25, 0.3) is 11.1 Å². The highest BCUT2D eigenvalue weighted by Crippen LogP contribution is 2.21. The number of methoxy groups -OCH3 is 1. The minimum atomic E-state index is 0.233. The van der Waals surface area contributed by atoms with Gasteiger partial charge in [-0.25, -0.2) is 9.97 Å². The molecule has 0 unspecified atom stereocenters. The van der Waals surface area contributed by atoms with Crippen molar-refractivity contribution in [3.05, 3.63) is 36.7 Å². The summed E-state index contributed by atoms with van der Waals surface area (Å²) in [5.74, 6) is 1.43. The van der Waals surface area contributed by atoms with Crippen LogP contribution in [0.15, 0.2) is 35.3 Å². The van der Waals surface area contributed by atoms with Gasteiger partial charge in [0.2, 0.25) is 5.89 Å². The largest absolute Gasteiger partial charge is 0.497 e. The molecule has 7 nitrogen and oxygen atoms in total. The van der Waals surface area contributed by atoms with Gasteiger partial charge < -0.3 is 14.5 Å². The van der Waals surface area contributed by atoms with E-state index in [1.165, 1.54) is 6.33 Å². The van der Waals surface area contributed by atoms with Crippen LogP contribution >= 0.6 is 0 Å². The van der Waals surface area contributed by atoms with E-state index in [2.05, 4.69) is 27.3 Å².